The molecule has 5 nitrogen and oxygen atoms in total. The summed E-state index contributed by atoms with van der Waals surface area (Å²) in [5.74, 6) is 1.35. The van der Waals surface area contributed by atoms with Crippen molar-refractivity contribution in [3.63, 3.8) is 0 Å². The first-order valence-corrected chi connectivity index (χ1v) is 6.98. The van der Waals surface area contributed by atoms with Gasteiger partial charge in [0.25, 0.3) is 0 Å². The van der Waals surface area contributed by atoms with Crippen LogP contribution in [0.1, 0.15) is 20.8 Å². The Labute approximate surface area is 130 Å². The molecule has 2 rings (SSSR count). The minimum atomic E-state index is -0.564. The molecule has 0 spiro atoms. The maximum Gasteiger partial charge on any atom is 0.419 e. The number of nitrogens with zero attached hydrogens (tertiary/aromatic N) is 1. The van der Waals surface area contributed by atoms with E-state index < -0.39 is 11.7 Å². The fourth-order valence-corrected chi connectivity index (χ4v) is 2.00. The third-order valence-electron chi connectivity index (χ3n) is 3.01. The highest BCUT2D eigenvalue weighted by Crippen LogP contribution is 2.28. The van der Waals surface area contributed by atoms with Crippen LogP contribution in [0.3, 0.4) is 0 Å². The lowest BCUT2D eigenvalue weighted by atomic mass is 10.1. The Hall–Kier alpha value is -2.43. The summed E-state index contributed by atoms with van der Waals surface area (Å²) in [5, 5.41) is 0. The van der Waals surface area contributed by atoms with E-state index in [9.17, 15) is 4.79 Å². The summed E-state index contributed by atoms with van der Waals surface area (Å²) in [5.41, 5.74) is 1.01. The van der Waals surface area contributed by atoms with Crippen molar-refractivity contribution in [1.82, 2.24) is 4.57 Å². The van der Waals surface area contributed by atoms with Gasteiger partial charge in [-0.3, -0.25) is 0 Å². The number of hydrogen-bond donors (Lipinski definition) is 0. The molecule has 0 saturated heterocycles. The summed E-state index contributed by atoms with van der Waals surface area (Å²) >= 11 is 0. The molecule has 2 aromatic rings. The molecule has 5 heteroatoms. The molecule has 0 radical (unpaired) electrons. The lowest BCUT2D eigenvalue weighted by Crippen LogP contribution is -2.27. The molecule has 0 aliphatic heterocycles. The molecule has 0 atom stereocenters. The Balaban J connectivity index is 2.41. The molecule has 0 fully saturated rings. The second-order valence-corrected chi connectivity index (χ2v) is 5.84. The van der Waals surface area contributed by atoms with E-state index in [2.05, 4.69) is 0 Å². The maximum absolute atomic E-state index is 12.4. The fraction of sp³-hybridized carbons (Fsp3) is 0.353. The number of ether oxygens (including phenoxy) is 3. The van der Waals surface area contributed by atoms with Gasteiger partial charge in [-0.2, -0.15) is 0 Å². The van der Waals surface area contributed by atoms with Crippen molar-refractivity contribution in [3.05, 3.63) is 36.5 Å². The molecule has 0 aliphatic rings. The molecular weight excluding hydrogens is 282 g/mol. The first-order valence-electron chi connectivity index (χ1n) is 6.98. The monoisotopic (exact) mass is 303 g/mol. The Morgan fingerprint density at radius 2 is 1.59 bits per heavy atom. The number of rotatable bonds is 3. The molecule has 0 aliphatic carbocycles. The van der Waals surface area contributed by atoms with E-state index in [4.69, 9.17) is 14.2 Å². The van der Waals surface area contributed by atoms with E-state index in [1.165, 1.54) is 4.57 Å². The average Bonchev–Trinajstić information content (AvgIpc) is 2.90. The Kier molecular flexibility index (Phi) is 4.45. The van der Waals surface area contributed by atoms with E-state index in [1.807, 2.05) is 45.0 Å². The standard InChI is InChI=1S/C17H21NO4/c1-17(2,3)22-16(19)18-11-14(21-5)10-15(18)12-6-8-13(20-4)9-7-12/h6-11H,1-5H3. The quantitative estimate of drug-likeness (QED) is 0.861. The number of carbonyl (C=O) groups excluding carboxylic acids is 1. The molecular formula is C17H21NO4. The second-order valence-electron chi connectivity index (χ2n) is 5.84. The summed E-state index contributed by atoms with van der Waals surface area (Å²) in [4.78, 5) is 12.4. The third kappa shape index (κ3) is 3.61. The van der Waals surface area contributed by atoms with Crippen LogP contribution in [0.15, 0.2) is 36.5 Å². The van der Waals surface area contributed by atoms with Gasteiger partial charge in [0.2, 0.25) is 0 Å². The highest BCUT2D eigenvalue weighted by atomic mass is 16.6. The molecule has 0 unspecified atom stereocenters. The second kappa shape index (κ2) is 6.13. The summed E-state index contributed by atoms with van der Waals surface area (Å²) in [7, 11) is 3.17. The predicted octanol–water partition coefficient (Wildman–Crippen LogP) is 3.96. The van der Waals surface area contributed by atoms with Gasteiger partial charge in [-0.15, -0.1) is 0 Å². The molecule has 1 aromatic heterocycles. The number of hydrogen-bond acceptors (Lipinski definition) is 4. The van der Waals surface area contributed by atoms with E-state index in [0.717, 1.165) is 11.3 Å². The lowest BCUT2D eigenvalue weighted by Gasteiger charge is -2.20. The van der Waals surface area contributed by atoms with Crippen LogP contribution in [0.5, 0.6) is 11.5 Å². The maximum atomic E-state index is 12.4. The van der Waals surface area contributed by atoms with Gasteiger partial charge in [0.15, 0.2) is 0 Å². The zero-order chi connectivity index (χ0) is 16.3. The van der Waals surface area contributed by atoms with Crippen LogP contribution >= 0.6 is 0 Å². The molecule has 1 aromatic carbocycles. The van der Waals surface area contributed by atoms with Crippen LogP contribution in [0, 0.1) is 0 Å². The Bertz CT molecular complexity index is 650. The summed E-state index contributed by atoms with van der Waals surface area (Å²) in [6.07, 6.45) is 1.18. The van der Waals surface area contributed by atoms with E-state index in [1.54, 1.807) is 26.5 Å². The fourth-order valence-electron chi connectivity index (χ4n) is 2.00. The van der Waals surface area contributed by atoms with Crippen LogP contribution in [0.2, 0.25) is 0 Å². The Morgan fingerprint density at radius 1 is 1.00 bits per heavy atom. The van der Waals surface area contributed by atoms with Crippen molar-refractivity contribution in [2.75, 3.05) is 14.2 Å². The summed E-state index contributed by atoms with van der Waals surface area (Å²) in [6, 6.07) is 9.25. The van der Waals surface area contributed by atoms with Crippen LogP contribution in [0.25, 0.3) is 11.3 Å². The van der Waals surface area contributed by atoms with Crippen molar-refractivity contribution in [3.8, 4) is 22.8 Å². The van der Waals surface area contributed by atoms with E-state index in [0.29, 0.717) is 11.4 Å². The van der Waals surface area contributed by atoms with E-state index in [-0.39, 0.29) is 0 Å². The van der Waals surface area contributed by atoms with Gasteiger partial charge in [0.05, 0.1) is 26.1 Å². The van der Waals surface area contributed by atoms with Crippen LogP contribution in [0.4, 0.5) is 4.79 Å². The molecule has 0 N–H and O–H groups in total. The molecule has 0 bridgehead atoms. The van der Waals surface area contributed by atoms with Gasteiger partial charge < -0.3 is 14.2 Å². The lowest BCUT2D eigenvalue weighted by molar-refractivity contribution is 0.0539. The van der Waals surface area contributed by atoms with Crippen LogP contribution < -0.4 is 9.47 Å². The van der Waals surface area contributed by atoms with E-state index >= 15 is 0 Å². The predicted molar refractivity (Wildman–Crippen MR) is 84.6 cm³/mol. The minimum absolute atomic E-state index is 0.443. The molecule has 118 valence electrons. The Morgan fingerprint density at radius 3 is 2.09 bits per heavy atom. The molecule has 1 heterocycles. The van der Waals surface area contributed by atoms with Gasteiger partial charge in [-0.25, -0.2) is 9.36 Å². The normalized spacial score (nSPS) is 11.1. The zero-order valence-electron chi connectivity index (χ0n) is 13.5. The first-order chi connectivity index (χ1) is 10.3. The van der Waals surface area contributed by atoms with Gasteiger partial charge in [-0.1, -0.05) is 0 Å². The summed E-state index contributed by atoms with van der Waals surface area (Å²) < 4.78 is 17.3. The summed E-state index contributed by atoms with van der Waals surface area (Å²) in [6.45, 7) is 5.50. The zero-order valence-corrected chi connectivity index (χ0v) is 13.5. The number of methoxy groups -OCH3 is 2. The smallest absolute Gasteiger partial charge is 0.419 e. The largest absolute Gasteiger partial charge is 0.497 e. The minimum Gasteiger partial charge on any atom is -0.497 e. The first kappa shape index (κ1) is 15.9. The molecule has 22 heavy (non-hydrogen) atoms. The molecule has 0 saturated carbocycles. The number of carbonyl (C=O) groups is 1. The average molecular weight is 303 g/mol. The number of aromatic nitrogens is 1. The van der Waals surface area contributed by atoms with Gasteiger partial charge in [0, 0.05) is 6.07 Å². The van der Waals surface area contributed by atoms with Crippen molar-refractivity contribution in [2.45, 2.75) is 26.4 Å². The highest BCUT2D eigenvalue weighted by molar-refractivity contribution is 5.80. The van der Waals surface area contributed by atoms with Crippen molar-refractivity contribution < 1.29 is 19.0 Å². The van der Waals surface area contributed by atoms with Gasteiger partial charge in [0.1, 0.15) is 17.1 Å². The van der Waals surface area contributed by atoms with Crippen molar-refractivity contribution in [1.29, 1.82) is 0 Å². The third-order valence-corrected chi connectivity index (χ3v) is 3.01. The van der Waals surface area contributed by atoms with Gasteiger partial charge in [-0.05, 0) is 50.6 Å². The van der Waals surface area contributed by atoms with Crippen molar-refractivity contribution >= 4 is 6.09 Å². The topological polar surface area (TPSA) is 49.7 Å². The molecule has 0 amide bonds. The van der Waals surface area contributed by atoms with Crippen LogP contribution in [-0.4, -0.2) is 30.5 Å². The SMILES string of the molecule is COc1ccc(-c2cc(OC)cn2C(=O)OC(C)(C)C)cc1. The highest BCUT2D eigenvalue weighted by Gasteiger charge is 2.21. The van der Waals surface area contributed by atoms with Crippen molar-refractivity contribution in [2.24, 2.45) is 0 Å². The van der Waals surface area contributed by atoms with Gasteiger partial charge >= 0.3 is 6.09 Å². The van der Waals surface area contributed by atoms with Crippen LogP contribution in [-0.2, 0) is 4.74 Å². The number of benzene rings is 1.